The van der Waals surface area contributed by atoms with Gasteiger partial charge in [0.2, 0.25) is 11.8 Å². The van der Waals surface area contributed by atoms with E-state index in [1.165, 1.54) is 21.1 Å². The van der Waals surface area contributed by atoms with Crippen molar-refractivity contribution < 1.29 is 28.6 Å². The number of hydrogen-bond acceptors (Lipinski definition) is 6. The molecule has 0 aliphatic carbocycles. The highest BCUT2D eigenvalue weighted by Gasteiger charge is 2.39. The molecule has 3 unspecified atom stereocenters. The Balaban J connectivity index is 2.44. The largest absolute Gasteiger partial charge is 0.496 e. The van der Waals surface area contributed by atoms with Crippen LogP contribution in [0.25, 0.3) is 0 Å². The summed E-state index contributed by atoms with van der Waals surface area (Å²) in [6.07, 6.45) is -0.616. The van der Waals surface area contributed by atoms with Crippen molar-refractivity contribution in [3.8, 4) is 11.5 Å². The number of carbonyl (C=O) groups is 3. The second-order valence-corrected chi connectivity index (χ2v) is 5.78. The molecule has 1 aliphatic heterocycles. The molecule has 0 aromatic heterocycles. The van der Waals surface area contributed by atoms with Crippen LogP contribution in [0, 0.1) is 0 Å². The number of rotatable bonds is 5. The molecule has 8 nitrogen and oxygen atoms in total. The smallest absolute Gasteiger partial charge is 0.342 e. The molecule has 0 saturated carbocycles. The van der Waals surface area contributed by atoms with E-state index in [1.807, 2.05) is 0 Å². The number of cyclic esters (lactones) is 1. The summed E-state index contributed by atoms with van der Waals surface area (Å²) in [6.45, 7) is 4.58. The zero-order valence-electron chi connectivity index (χ0n) is 14.8. The lowest BCUT2D eigenvalue weighted by Crippen LogP contribution is -2.49. The van der Waals surface area contributed by atoms with Gasteiger partial charge in [-0.1, -0.05) is 0 Å². The molecule has 8 heteroatoms. The second kappa shape index (κ2) is 7.42. The molecule has 0 radical (unpaired) electrons. The first-order valence-electron chi connectivity index (χ1n) is 7.83. The number of hydrogen-bond donors (Lipinski definition) is 2. The number of ether oxygens (including phenoxy) is 3. The Bertz CT molecular complexity index is 703. The highest BCUT2D eigenvalue weighted by atomic mass is 16.5. The molecule has 2 N–H and O–H groups in total. The van der Waals surface area contributed by atoms with E-state index in [2.05, 4.69) is 10.6 Å². The number of nitrogens with one attached hydrogen (secondary N) is 2. The third-order valence-corrected chi connectivity index (χ3v) is 4.00. The Morgan fingerprint density at radius 3 is 2.36 bits per heavy atom. The van der Waals surface area contributed by atoms with E-state index in [0.717, 1.165) is 0 Å². The first kappa shape index (κ1) is 18.6. The van der Waals surface area contributed by atoms with E-state index in [9.17, 15) is 14.4 Å². The molecule has 1 heterocycles. The quantitative estimate of drug-likeness (QED) is 0.766. The van der Waals surface area contributed by atoms with Crippen LogP contribution in [-0.4, -0.2) is 44.1 Å². The number of esters is 1. The predicted molar refractivity (Wildman–Crippen MR) is 88.6 cm³/mol. The molecule has 25 heavy (non-hydrogen) atoms. The molecule has 2 amide bonds. The molecule has 2 rings (SSSR count). The van der Waals surface area contributed by atoms with Gasteiger partial charge in [-0.3, -0.25) is 9.59 Å². The van der Waals surface area contributed by atoms with Crippen LogP contribution in [-0.2, 0) is 14.3 Å². The van der Waals surface area contributed by atoms with Crippen LogP contribution in [0.15, 0.2) is 12.1 Å². The van der Waals surface area contributed by atoms with Gasteiger partial charge in [0.15, 0.2) is 0 Å². The highest BCUT2D eigenvalue weighted by Crippen LogP contribution is 2.40. The molecule has 0 saturated heterocycles. The zero-order chi connectivity index (χ0) is 18.7. The van der Waals surface area contributed by atoms with Crippen molar-refractivity contribution in [2.45, 2.75) is 39.0 Å². The maximum atomic E-state index is 12.4. The van der Waals surface area contributed by atoms with Gasteiger partial charge >= 0.3 is 5.97 Å². The van der Waals surface area contributed by atoms with Crippen LogP contribution < -0.4 is 20.1 Å². The Kier molecular flexibility index (Phi) is 5.51. The Morgan fingerprint density at radius 1 is 1.20 bits per heavy atom. The number of methoxy groups -OCH3 is 2. The fraction of sp³-hybridized carbons (Fsp3) is 0.471. The topological polar surface area (TPSA) is 103 Å². The van der Waals surface area contributed by atoms with Crippen molar-refractivity contribution in [3.63, 3.8) is 0 Å². The lowest BCUT2D eigenvalue weighted by Gasteiger charge is -2.33. The molecule has 136 valence electrons. The fourth-order valence-electron chi connectivity index (χ4n) is 2.82. The fourth-order valence-corrected chi connectivity index (χ4v) is 2.82. The zero-order valence-corrected chi connectivity index (χ0v) is 14.8. The van der Waals surface area contributed by atoms with Gasteiger partial charge in [0.1, 0.15) is 29.2 Å². The SMILES string of the molecule is COc1ccc(OC)c2c1C(=O)OC(C)C2NC(=O)C(C)NC(C)=O. The van der Waals surface area contributed by atoms with E-state index >= 15 is 0 Å². The molecule has 0 bridgehead atoms. The summed E-state index contributed by atoms with van der Waals surface area (Å²) in [4.78, 5) is 35.9. The van der Waals surface area contributed by atoms with Crippen molar-refractivity contribution in [1.29, 1.82) is 0 Å². The third-order valence-electron chi connectivity index (χ3n) is 4.00. The van der Waals surface area contributed by atoms with Gasteiger partial charge in [-0.05, 0) is 26.0 Å². The molecule has 1 aromatic carbocycles. The summed E-state index contributed by atoms with van der Waals surface area (Å²) in [5.41, 5.74) is 0.714. The minimum atomic E-state index is -0.734. The van der Waals surface area contributed by atoms with Crippen LogP contribution >= 0.6 is 0 Å². The minimum absolute atomic E-state index is 0.220. The van der Waals surface area contributed by atoms with E-state index in [4.69, 9.17) is 14.2 Å². The summed E-state index contributed by atoms with van der Waals surface area (Å²) in [7, 11) is 2.92. The van der Waals surface area contributed by atoms with Crippen molar-refractivity contribution >= 4 is 17.8 Å². The molecule has 1 aromatic rings. The predicted octanol–water partition coefficient (Wildman–Crippen LogP) is 0.945. The molecule has 0 spiro atoms. The third kappa shape index (κ3) is 3.67. The number of fused-ring (bicyclic) bond motifs is 1. The van der Waals surface area contributed by atoms with Gasteiger partial charge < -0.3 is 24.8 Å². The normalized spacial score (nSPS) is 20.0. The number of amides is 2. The van der Waals surface area contributed by atoms with Crippen molar-refractivity contribution in [3.05, 3.63) is 23.3 Å². The summed E-state index contributed by atoms with van der Waals surface area (Å²) < 4.78 is 16.0. The van der Waals surface area contributed by atoms with Crippen LogP contribution in [0.2, 0.25) is 0 Å². The summed E-state index contributed by atoms with van der Waals surface area (Å²) in [5, 5.41) is 5.33. The van der Waals surface area contributed by atoms with Crippen molar-refractivity contribution in [2.75, 3.05) is 14.2 Å². The van der Waals surface area contributed by atoms with Crippen LogP contribution in [0.3, 0.4) is 0 Å². The first-order chi connectivity index (χ1) is 11.8. The Hall–Kier alpha value is -2.77. The van der Waals surface area contributed by atoms with Gasteiger partial charge in [-0.15, -0.1) is 0 Å². The molecular formula is C17H22N2O6. The average Bonchev–Trinajstić information content (AvgIpc) is 2.56. The average molecular weight is 350 g/mol. The number of benzene rings is 1. The van der Waals surface area contributed by atoms with E-state index in [-0.39, 0.29) is 11.5 Å². The van der Waals surface area contributed by atoms with Crippen molar-refractivity contribution in [1.82, 2.24) is 10.6 Å². The molecular weight excluding hydrogens is 328 g/mol. The summed E-state index contributed by atoms with van der Waals surface area (Å²) in [5.74, 6) is -0.483. The maximum Gasteiger partial charge on any atom is 0.342 e. The van der Waals surface area contributed by atoms with Gasteiger partial charge in [-0.25, -0.2) is 4.79 Å². The lowest BCUT2D eigenvalue weighted by molar-refractivity contribution is -0.128. The summed E-state index contributed by atoms with van der Waals surface area (Å²) >= 11 is 0. The van der Waals surface area contributed by atoms with Crippen LogP contribution in [0.5, 0.6) is 11.5 Å². The lowest BCUT2D eigenvalue weighted by atomic mass is 9.92. The maximum absolute atomic E-state index is 12.4. The highest BCUT2D eigenvalue weighted by molar-refractivity contribution is 5.97. The van der Waals surface area contributed by atoms with Crippen LogP contribution in [0.1, 0.15) is 42.7 Å². The molecule has 1 aliphatic rings. The van der Waals surface area contributed by atoms with E-state index < -0.39 is 30.1 Å². The Labute approximate surface area is 145 Å². The number of carbonyl (C=O) groups excluding carboxylic acids is 3. The minimum Gasteiger partial charge on any atom is -0.496 e. The monoisotopic (exact) mass is 350 g/mol. The van der Waals surface area contributed by atoms with Gasteiger partial charge in [0.05, 0.1) is 20.3 Å². The Morgan fingerprint density at radius 2 is 1.80 bits per heavy atom. The van der Waals surface area contributed by atoms with Crippen molar-refractivity contribution in [2.24, 2.45) is 0 Å². The second-order valence-electron chi connectivity index (χ2n) is 5.78. The first-order valence-corrected chi connectivity index (χ1v) is 7.83. The molecule has 0 fully saturated rings. The van der Waals surface area contributed by atoms with Gasteiger partial charge in [0.25, 0.3) is 0 Å². The van der Waals surface area contributed by atoms with Crippen LogP contribution in [0.4, 0.5) is 0 Å². The summed E-state index contributed by atoms with van der Waals surface area (Å²) in [6, 6.07) is 1.90. The van der Waals surface area contributed by atoms with E-state index in [1.54, 1.807) is 26.0 Å². The molecule has 3 atom stereocenters. The standard InChI is InChI=1S/C17H22N2O6/c1-8(18-10(3)20)16(21)19-15-9(2)25-17(22)14-12(24-5)7-6-11(23-4)13(14)15/h6-9,15H,1-5H3,(H,18,20)(H,19,21). The van der Waals surface area contributed by atoms with Gasteiger partial charge in [-0.2, -0.15) is 0 Å². The van der Waals surface area contributed by atoms with E-state index in [0.29, 0.717) is 17.1 Å². The van der Waals surface area contributed by atoms with Gasteiger partial charge in [0, 0.05) is 12.5 Å².